The van der Waals surface area contributed by atoms with E-state index in [-0.39, 0.29) is 17.3 Å². The lowest BCUT2D eigenvalue weighted by Gasteiger charge is -2.28. The van der Waals surface area contributed by atoms with Crippen molar-refractivity contribution in [3.8, 4) is 0 Å². The average Bonchev–Trinajstić information content (AvgIpc) is 3.34. The fraction of sp³-hybridized carbons (Fsp3) is 0.450. The molecule has 2 aromatic rings. The van der Waals surface area contributed by atoms with Crippen LogP contribution in [-0.2, 0) is 25.0 Å². The summed E-state index contributed by atoms with van der Waals surface area (Å²) in [4.78, 5) is 40.8. The summed E-state index contributed by atoms with van der Waals surface area (Å²) in [6.07, 6.45) is 0.360. The number of likely N-dealkylation sites (N-methyl/N-ethyl adjacent to an activating group) is 1. The number of para-hydroxylation sites is 1. The fourth-order valence-corrected chi connectivity index (χ4v) is 5.85. The van der Waals surface area contributed by atoms with Gasteiger partial charge in [-0.1, -0.05) is 18.2 Å². The molecule has 4 amide bonds. The SMILES string of the molecule is CCN(C(=O)CN1C(=O)NC(C)(c2cc3ccccc3o2)C1=O)C1CCS(=O)(=O)C1. The number of sulfone groups is 1. The minimum absolute atomic E-state index is 0.0364. The van der Waals surface area contributed by atoms with E-state index in [1.807, 2.05) is 12.1 Å². The molecule has 0 bridgehead atoms. The van der Waals surface area contributed by atoms with Gasteiger partial charge in [0.1, 0.15) is 17.9 Å². The van der Waals surface area contributed by atoms with E-state index in [2.05, 4.69) is 5.32 Å². The molecule has 4 rings (SSSR count). The van der Waals surface area contributed by atoms with Crippen LogP contribution < -0.4 is 5.32 Å². The van der Waals surface area contributed by atoms with Crippen LogP contribution in [0.1, 0.15) is 26.0 Å². The maximum absolute atomic E-state index is 13.1. The summed E-state index contributed by atoms with van der Waals surface area (Å²) in [5, 5.41) is 3.43. The Bertz CT molecular complexity index is 1110. The average molecular weight is 433 g/mol. The van der Waals surface area contributed by atoms with Crippen molar-refractivity contribution in [2.45, 2.75) is 31.8 Å². The first-order valence-corrected chi connectivity index (χ1v) is 11.6. The minimum atomic E-state index is -3.17. The van der Waals surface area contributed by atoms with Gasteiger partial charge in [0.25, 0.3) is 5.91 Å². The number of urea groups is 1. The largest absolute Gasteiger partial charge is 0.458 e. The van der Waals surface area contributed by atoms with Crippen molar-refractivity contribution in [1.29, 1.82) is 0 Å². The first-order valence-electron chi connectivity index (χ1n) is 9.77. The fourth-order valence-electron chi connectivity index (χ4n) is 4.12. The van der Waals surface area contributed by atoms with Gasteiger partial charge in [-0.3, -0.25) is 14.5 Å². The number of carbonyl (C=O) groups is 3. The molecule has 0 radical (unpaired) electrons. The summed E-state index contributed by atoms with van der Waals surface area (Å²) < 4.78 is 29.3. The maximum atomic E-state index is 13.1. The van der Waals surface area contributed by atoms with Crippen LogP contribution in [0.15, 0.2) is 34.7 Å². The second-order valence-corrected chi connectivity index (χ2v) is 10.1. The second kappa shape index (κ2) is 7.12. The molecule has 2 aliphatic rings. The number of carbonyl (C=O) groups excluding carboxylic acids is 3. The Morgan fingerprint density at radius 3 is 2.70 bits per heavy atom. The number of benzene rings is 1. The zero-order valence-corrected chi connectivity index (χ0v) is 17.6. The van der Waals surface area contributed by atoms with E-state index in [4.69, 9.17) is 4.42 Å². The monoisotopic (exact) mass is 433 g/mol. The first-order chi connectivity index (χ1) is 14.1. The summed E-state index contributed by atoms with van der Waals surface area (Å²) in [6.45, 7) is 3.12. The lowest BCUT2D eigenvalue weighted by molar-refractivity contribution is -0.140. The molecule has 9 nitrogen and oxygen atoms in total. The van der Waals surface area contributed by atoms with Crippen LogP contribution in [0, 0.1) is 0 Å². The Balaban J connectivity index is 1.54. The zero-order valence-electron chi connectivity index (χ0n) is 16.8. The van der Waals surface area contributed by atoms with Gasteiger partial charge >= 0.3 is 6.03 Å². The molecule has 2 atom stereocenters. The number of nitrogens with one attached hydrogen (secondary N) is 1. The van der Waals surface area contributed by atoms with Gasteiger partial charge in [-0.05, 0) is 32.4 Å². The highest BCUT2D eigenvalue weighted by atomic mass is 32.2. The topological polar surface area (TPSA) is 117 Å². The first kappa shape index (κ1) is 20.4. The second-order valence-electron chi connectivity index (χ2n) is 7.83. The minimum Gasteiger partial charge on any atom is -0.458 e. The molecular weight excluding hydrogens is 410 g/mol. The molecule has 2 fully saturated rings. The molecule has 0 spiro atoms. The van der Waals surface area contributed by atoms with Crippen molar-refractivity contribution in [2.75, 3.05) is 24.6 Å². The number of rotatable bonds is 5. The van der Waals surface area contributed by atoms with E-state index in [9.17, 15) is 22.8 Å². The van der Waals surface area contributed by atoms with Crippen LogP contribution >= 0.6 is 0 Å². The van der Waals surface area contributed by atoms with Crippen molar-refractivity contribution in [1.82, 2.24) is 15.1 Å². The summed E-state index contributed by atoms with van der Waals surface area (Å²) in [6, 6.07) is 7.82. The van der Waals surface area contributed by atoms with E-state index in [1.165, 1.54) is 11.8 Å². The highest BCUT2D eigenvalue weighted by Crippen LogP contribution is 2.33. The van der Waals surface area contributed by atoms with Crippen LogP contribution in [0.4, 0.5) is 4.79 Å². The lowest BCUT2D eigenvalue weighted by Crippen LogP contribution is -2.48. The number of furan rings is 1. The third-order valence-corrected chi connectivity index (χ3v) is 7.55. The van der Waals surface area contributed by atoms with E-state index < -0.39 is 45.8 Å². The van der Waals surface area contributed by atoms with Crippen molar-refractivity contribution >= 4 is 38.7 Å². The van der Waals surface area contributed by atoms with Crippen LogP contribution in [0.5, 0.6) is 0 Å². The predicted molar refractivity (Wildman–Crippen MR) is 108 cm³/mol. The molecule has 30 heavy (non-hydrogen) atoms. The lowest BCUT2D eigenvalue weighted by atomic mass is 9.99. The number of amides is 4. The highest BCUT2D eigenvalue weighted by molar-refractivity contribution is 7.91. The molecule has 1 aromatic carbocycles. The zero-order chi connectivity index (χ0) is 21.7. The van der Waals surface area contributed by atoms with Gasteiger partial charge in [0.15, 0.2) is 15.4 Å². The van der Waals surface area contributed by atoms with Gasteiger partial charge in [-0.25, -0.2) is 13.2 Å². The molecule has 1 N–H and O–H groups in total. The standard InChI is InChI=1S/C20H23N3O6S/c1-3-22(14-8-9-30(27,28)12-14)17(24)11-23-18(25)20(2,21-19(23)26)16-10-13-6-4-5-7-15(13)29-16/h4-7,10,14H,3,8-9,11-12H2,1-2H3,(H,21,26). The van der Waals surface area contributed by atoms with E-state index in [0.717, 1.165) is 10.3 Å². The van der Waals surface area contributed by atoms with Crippen LogP contribution in [0.3, 0.4) is 0 Å². The van der Waals surface area contributed by atoms with Gasteiger partial charge in [0, 0.05) is 18.0 Å². The number of hydrogen-bond donors (Lipinski definition) is 1. The van der Waals surface area contributed by atoms with Crippen LogP contribution in [0.2, 0.25) is 0 Å². The quantitative estimate of drug-likeness (QED) is 0.709. The molecule has 10 heteroatoms. The van der Waals surface area contributed by atoms with Gasteiger partial charge in [-0.15, -0.1) is 0 Å². The Labute approximate surface area is 173 Å². The van der Waals surface area contributed by atoms with Gasteiger partial charge < -0.3 is 14.6 Å². The number of imide groups is 1. The Morgan fingerprint density at radius 1 is 1.33 bits per heavy atom. The predicted octanol–water partition coefficient (Wildman–Crippen LogP) is 1.24. The van der Waals surface area contributed by atoms with Crippen LogP contribution in [0.25, 0.3) is 11.0 Å². The van der Waals surface area contributed by atoms with Crippen molar-refractivity contribution in [3.05, 3.63) is 36.1 Å². The van der Waals surface area contributed by atoms with E-state index >= 15 is 0 Å². The molecule has 1 aromatic heterocycles. The molecule has 160 valence electrons. The Hall–Kier alpha value is -2.88. The molecular formula is C20H23N3O6S. The van der Waals surface area contributed by atoms with Gasteiger partial charge in [0.2, 0.25) is 5.91 Å². The normalized spacial score (nSPS) is 25.7. The maximum Gasteiger partial charge on any atom is 0.325 e. The van der Waals surface area contributed by atoms with E-state index in [1.54, 1.807) is 25.1 Å². The molecule has 2 saturated heterocycles. The van der Waals surface area contributed by atoms with Crippen molar-refractivity contribution in [2.24, 2.45) is 0 Å². The van der Waals surface area contributed by atoms with Crippen molar-refractivity contribution < 1.29 is 27.2 Å². The number of fused-ring (bicyclic) bond motifs is 1. The number of hydrogen-bond acceptors (Lipinski definition) is 6. The smallest absolute Gasteiger partial charge is 0.325 e. The molecule has 0 aliphatic carbocycles. The van der Waals surface area contributed by atoms with Gasteiger partial charge in [-0.2, -0.15) is 0 Å². The highest BCUT2D eigenvalue weighted by Gasteiger charge is 2.52. The van der Waals surface area contributed by atoms with E-state index in [0.29, 0.717) is 18.5 Å². The number of nitrogens with zero attached hydrogens (tertiary/aromatic N) is 2. The van der Waals surface area contributed by atoms with Gasteiger partial charge in [0.05, 0.1) is 11.5 Å². The molecule has 2 unspecified atom stereocenters. The summed E-state index contributed by atoms with van der Waals surface area (Å²) in [7, 11) is -3.17. The van der Waals surface area contributed by atoms with Crippen molar-refractivity contribution in [3.63, 3.8) is 0 Å². The third kappa shape index (κ3) is 3.34. The molecule has 2 aliphatic heterocycles. The Kier molecular flexibility index (Phi) is 4.84. The summed E-state index contributed by atoms with van der Waals surface area (Å²) >= 11 is 0. The summed E-state index contributed by atoms with van der Waals surface area (Å²) in [5.74, 6) is -0.823. The Morgan fingerprint density at radius 2 is 2.07 bits per heavy atom. The molecule has 3 heterocycles. The summed E-state index contributed by atoms with van der Waals surface area (Å²) in [5.41, 5.74) is -0.839. The van der Waals surface area contributed by atoms with Crippen LogP contribution in [-0.4, -0.2) is 66.7 Å². The third-order valence-electron chi connectivity index (χ3n) is 5.80. The molecule has 0 saturated carbocycles.